The lowest BCUT2D eigenvalue weighted by atomic mass is 9.55. The zero-order valence-corrected chi connectivity index (χ0v) is 39.8. The van der Waals surface area contributed by atoms with Crippen molar-refractivity contribution < 1.29 is 52.5 Å². The Kier molecular flexibility index (Phi) is 15.3. The summed E-state index contributed by atoms with van der Waals surface area (Å²) in [5, 5.41) is 10.9. The first kappa shape index (κ1) is 48.6. The van der Waals surface area contributed by atoms with Crippen LogP contribution in [0.15, 0.2) is 30.3 Å². The number of rotatable bonds is 18. The molecule has 16 nitrogen and oxygen atoms in total. The molecule has 10 rings (SSSR count). The van der Waals surface area contributed by atoms with Crippen molar-refractivity contribution in [1.82, 2.24) is 26.2 Å². The second-order valence-electron chi connectivity index (χ2n) is 22.1. The fourth-order valence-electron chi connectivity index (χ4n) is 13.3. The fourth-order valence-corrected chi connectivity index (χ4v) is 13.3. The van der Waals surface area contributed by atoms with Gasteiger partial charge in [-0.2, -0.15) is 0 Å². The van der Waals surface area contributed by atoms with Gasteiger partial charge in [0.25, 0.3) is 0 Å². The van der Waals surface area contributed by atoms with E-state index in [2.05, 4.69) is 21.3 Å². The van der Waals surface area contributed by atoms with E-state index in [1.807, 2.05) is 30.3 Å². The Morgan fingerprint density at radius 1 is 0.687 bits per heavy atom. The lowest BCUT2D eigenvalue weighted by Gasteiger charge is -2.53. The van der Waals surface area contributed by atoms with Gasteiger partial charge in [-0.3, -0.25) is 19.2 Å². The van der Waals surface area contributed by atoms with E-state index in [9.17, 15) is 33.6 Å². The molecule has 9 aliphatic rings. The highest BCUT2D eigenvalue weighted by Crippen LogP contribution is 2.56. The number of alkyl carbamates (subject to hydrolysis) is 2. The minimum atomic E-state index is -1.47. The molecule has 1 aromatic carbocycles. The Balaban J connectivity index is 0.894. The molecule has 9 fully saturated rings. The maximum Gasteiger partial charge on any atom is 0.408 e. The first-order valence-corrected chi connectivity index (χ1v) is 25.3. The highest BCUT2D eigenvalue weighted by molar-refractivity contribution is 5.96. The van der Waals surface area contributed by atoms with Crippen LogP contribution in [0.1, 0.15) is 136 Å². The SMILES string of the molecule is C[C@H](NC(=O)[C@H](CC(=O)OC1C2CC3CC(C2)CC1C3)NC(=O)[C@H](CCCCNC(=O)OC1C2CC3CC(C2)CC1C3)NC(=O)OC(C)(C)C)C(=O)N1CCC[C@H]1C(=O)OCc1ccccc1. The van der Waals surface area contributed by atoms with Crippen LogP contribution in [-0.4, -0.2) is 102 Å². The van der Waals surface area contributed by atoms with Crippen LogP contribution in [0, 0.1) is 47.3 Å². The monoisotopic (exact) mass is 932 g/mol. The molecule has 4 N–H and O–H groups in total. The highest BCUT2D eigenvalue weighted by Gasteiger charge is 2.51. The minimum Gasteiger partial charge on any atom is -0.462 e. The highest BCUT2D eigenvalue weighted by atomic mass is 16.6. The molecule has 1 saturated heterocycles. The number of esters is 2. The average Bonchev–Trinajstić information content (AvgIpc) is 3.76. The summed E-state index contributed by atoms with van der Waals surface area (Å²) in [6.07, 6.45) is 11.0. The summed E-state index contributed by atoms with van der Waals surface area (Å²) in [6.45, 7) is 7.24. The van der Waals surface area contributed by atoms with Crippen molar-refractivity contribution in [2.24, 2.45) is 47.3 Å². The van der Waals surface area contributed by atoms with E-state index in [0.29, 0.717) is 62.4 Å². The van der Waals surface area contributed by atoms with Crippen molar-refractivity contribution in [3.63, 3.8) is 0 Å². The Hall–Kier alpha value is -4.89. The van der Waals surface area contributed by atoms with Gasteiger partial charge in [-0.15, -0.1) is 0 Å². The van der Waals surface area contributed by atoms with Gasteiger partial charge in [-0.05, 0) is 177 Å². The number of unbranched alkanes of at least 4 members (excludes halogenated alkanes) is 1. The van der Waals surface area contributed by atoms with Crippen molar-refractivity contribution in [1.29, 1.82) is 0 Å². The van der Waals surface area contributed by atoms with Crippen LogP contribution in [0.25, 0.3) is 0 Å². The van der Waals surface area contributed by atoms with Gasteiger partial charge in [0, 0.05) is 13.1 Å². The number of nitrogens with one attached hydrogen (secondary N) is 4. The number of carbonyl (C=O) groups is 7. The molecule has 368 valence electrons. The third kappa shape index (κ3) is 12.4. The summed E-state index contributed by atoms with van der Waals surface area (Å²) in [4.78, 5) is 96.8. The van der Waals surface area contributed by atoms with Gasteiger partial charge in [0.2, 0.25) is 17.7 Å². The fraction of sp³-hybridized carbons (Fsp3) is 0.745. The standard InChI is InChI=1S/C51H73N5O11/c1-29(47(60)56-16-10-14-41(56)48(61)64-28-30-11-6-5-7-12-30)53-46(59)40(27-42(57)65-43-35-19-31-17-32(21-35)22-36(43)20-31)54-45(58)39(55-50(63)67-51(2,3)4)13-8-9-15-52-49(62)66-44-37-23-33-18-34(25-37)26-38(44)24-33/h5-7,11-12,29,31-41,43-44H,8-10,13-28H2,1-4H3,(H,52,62)(H,53,59)(H,54,58)(H,55,63)/t29-,31?,32?,33?,34?,35?,36?,37?,38?,39-,40-,41-,43?,44?/m0/s1. The molecule has 4 atom stereocenters. The second-order valence-corrected chi connectivity index (χ2v) is 22.1. The normalized spacial score (nSPS) is 31.2. The number of hydrogen-bond acceptors (Lipinski definition) is 11. The number of hydrogen-bond donors (Lipinski definition) is 4. The Bertz CT molecular complexity index is 1920. The van der Waals surface area contributed by atoms with Crippen LogP contribution in [-0.2, 0) is 49.5 Å². The maximum atomic E-state index is 14.2. The quantitative estimate of drug-likeness (QED) is 0.0754. The smallest absolute Gasteiger partial charge is 0.408 e. The number of ether oxygens (including phenoxy) is 4. The Morgan fingerprint density at radius 3 is 1.84 bits per heavy atom. The molecule has 0 radical (unpaired) electrons. The van der Waals surface area contributed by atoms with E-state index in [-0.39, 0.29) is 37.1 Å². The van der Waals surface area contributed by atoms with Gasteiger partial charge in [0.05, 0.1) is 6.42 Å². The van der Waals surface area contributed by atoms with E-state index in [4.69, 9.17) is 18.9 Å². The van der Waals surface area contributed by atoms with E-state index < -0.39 is 78.0 Å². The van der Waals surface area contributed by atoms with Gasteiger partial charge in [0.1, 0.15) is 48.6 Å². The number of likely N-dealkylation sites (tertiary alicyclic amines) is 1. The van der Waals surface area contributed by atoms with Crippen molar-refractivity contribution >= 4 is 41.8 Å². The van der Waals surface area contributed by atoms with Crippen molar-refractivity contribution in [2.45, 2.75) is 179 Å². The molecule has 8 saturated carbocycles. The molecule has 0 aromatic heterocycles. The number of amides is 5. The minimum absolute atomic E-state index is 0.0404. The van der Waals surface area contributed by atoms with Crippen molar-refractivity contribution in [2.75, 3.05) is 13.1 Å². The molecule has 16 heteroatoms. The van der Waals surface area contributed by atoms with E-state index in [1.165, 1.54) is 24.7 Å². The summed E-state index contributed by atoms with van der Waals surface area (Å²) in [5.74, 6) is 1.03. The molecular weight excluding hydrogens is 859 g/mol. The number of carbonyl (C=O) groups excluding carboxylic acids is 7. The van der Waals surface area contributed by atoms with Gasteiger partial charge in [-0.25, -0.2) is 14.4 Å². The molecule has 1 heterocycles. The van der Waals surface area contributed by atoms with E-state index in [1.54, 1.807) is 20.8 Å². The molecule has 8 aliphatic carbocycles. The summed E-state index contributed by atoms with van der Waals surface area (Å²) in [6, 6.07) is 4.62. The van der Waals surface area contributed by atoms with E-state index in [0.717, 1.165) is 68.8 Å². The summed E-state index contributed by atoms with van der Waals surface area (Å²) >= 11 is 0. The third-order valence-corrected chi connectivity index (χ3v) is 15.8. The zero-order chi connectivity index (χ0) is 47.4. The molecule has 0 spiro atoms. The predicted molar refractivity (Wildman–Crippen MR) is 244 cm³/mol. The maximum absolute atomic E-state index is 14.2. The topological polar surface area (TPSA) is 208 Å². The summed E-state index contributed by atoms with van der Waals surface area (Å²) in [5.41, 5.74) is -0.0567. The van der Waals surface area contributed by atoms with E-state index >= 15 is 0 Å². The van der Waals surface area contributed by atoms with Crippen LogP contribution in [0.2, 0.25) is 0 Å². The van der Waals surface area contributed by atoms with Crippen LogP contribution in [0.5, 0.6) is 0 Å². The largest absolute Gasteiger partial charge is 0.462 e. The second kappa shape index (κ2) is 21.2. The molecule has 1 aliphatic heterocycles. The predicted octanol–water partition coefficient (Wildman–Crippen LogP) is 6.08. The first-order valence-electron chi connectivity index (χ1n) is 25.3. The summed E-state index contributed by atoms with van der Waals surface area (Å²) < 4.78 is 23.2. The summed E-state index contributed by atoms with van der Waals surface area (Å²) in [7, 11) is 0. The van der Waals surface area contributed by atoms with Gasteiger partial charge >= 0.3 is 24.1 Å². The van der Waals surface area contributed by atoms with Crippen molar-refractivity contribution in [3.05, 3.63) is 35.9 Å². The lowest BCUT2D eigenvalue weighted by molar-refractivity contribution is -0.171. The average molecular weight is 932 g/mol. The van der Waals surface area contributed by atoms with Crippen LogP contribution in [0.4, 0.5) is 9.59 Å². The number of benzene rings is 1. The molecule has 5 amide bonds. The molecule has 1 aromatic rings. The molecule has 8 bridgehead atoms. The van der Waals surface area contributed by atoms with Crippen LogP contribution in [0.3, 0.4) is 0 Å². The van der Waals surface area contributed by atoms with Crippen LogP contribution >= 0.6 is 0 Å². The first-order chi connectivity index (χ1) is 32.0. The zero-order valence-electron chi connectivity index (χ0n) is 39.8. The van der Waals surface area contributed by atoms with Crippen LogP contribution < -0.4 is 21.3 Å². The van der Waals surface area contributed by atoms with Gasteiger partial charge in [-0.1, -0.05) is 30.3 Å². The molecule has 67 heavy (non-hydrogen) atoms. The third-order valence-electron chi connectivity index (χ3n) is 15.8. The molecular formula is C51H73N5O11. The Morgan fingerprint density at radius 2 is 1.25 bits per heavy atom. The number of nitrogens with zero attached hydrogens (tertiary/aromatic N) is 1. The van der Waals surface area contributed by atoms with Gasteiger partial charge in [0.15, 0.2) is 0 Å². The lowest BCUT2D eigenvalue weighted by Crippen LogP contribution is -2.58. The Labute approximate surface area is 394 Å². The van der Waals surface area contributed by atoms with Gasteiger partial charge < -0.3 is 45.1 Å². The van der Waals surface area contributed by atoms with Crippen molar-refractivity contribution in [3.8, 4) is 0 Å². The molecule has 0 unspecified atom stereocenters.